The van der Waals surface area contributed by atoms with E-state index < -0.39 is 0 Å². The quantitative estimate of drug-likeness (QED) is 0.275. The van der Waals surface area contributed by atoms with Crippen LogP contribution in [0.5, 0.6) is 0 Å². The van der Waals surface area contributed by atoms with Gasteiger partial charge in [0.25, 0.3) is 13.4 Å². The zero-order chi connectivity index (χ0) is 4.83. The Balaban J connectivity index is 2.49. The highest BCUT2D eigenvalue weighted by Gasteiger charge is 1.77. The average molecular weight is 86.1 g/mol. The molecule has 0 unspecified atom stereocenters. The van der Waals surface area contributed by atoms with Crippen molar-refractivity contribution in [3.05, 3.63) is 6.92 Å². The Kier molecular flexibility index (Phi) is 4.41. The van der Waals surface area contributed by atoms with Crippen LogP contribution in [-0.2, 0) is 4.42 Å². The van der Waals surface area contributed by atoms with Crippen LogP contribution >= 0.6 is 0 Å². The van der Waals surface area contributed by atoms with Crippen LogP contribution in [-0.4, -0.2) is 13.4 Å². The summed E-state index contributed by atoms with van der Waals surface area (Å²) >= 11 is 0. The fourth-order valence-electron chi connectivity index (χ4n) is 0.204. The molecule has 0 spiro atoms. The molecule has 0 radical (unpaired) electrons. The van der Waals surface area contributed by atoms with E-state index in [1.54, 1.807) is 0 Å². The van der Waals surface area contributed by atoms with Crippen molar-refractivity contribution in [1.29, 1.82) is 0 Å². The molecule has 1 heteroatoms. The first-order valence-corrected chi connectivity index (χ1v) is 2.08. The molecule has 0 heterocycles. The molecule has 0 aliphatic carbocycles. The first kappa shape index (κ1) is 5.67. The molecule has 6 heavy (non-hydrogen) atoms. The number of unbranched alkanes of at least 4 members (excludes halogenated alkanes) is 1. The molecule has 0 aliphatic heterocycles. The number of hydrogen-bond donors (Lipinski definition) is 0. The molecular formula is C5H10O. The minimum absolute atomic E-state index is 0.740. The van der Waals surface area contributed by atoms with E-state index in [0.717, 1.165) is 19.4 Å². The summed E-state index contributed by atoms with van der Waals surface area (Å²) in [5.41, 5.74) is 0. The van der Waals surface area contributed by atoms with Gasteiger partial charge in [-0.15, -0.1) is 0 Å². The van der Waals surface area contributed by atoms with Crippen molar-refractivity contribution < 1.29 is 4.42 Å². The molecule has 0 atom stereocenters. The van der Waals surface area contributed by atoms with Gasteiger partial charge in [0.2, 0.25) is 0 Å². The van der Waals surface area contributed by atoms with Crippen LogP contribution in [0.1, 0.15) is 12.8 Å². The van der Waals surface area contributed by atoms with Crippen LogP contribution in [0.4, 0.5) is 0 Å². The van der Waals surface area contributed by atoms with Crippen molar-refractivity contribution in [1.82, 2.24) is 0 Å². The van der Waals surface area contributed by atoms with Crippen molar-refractivity contribution >= 4 is 6.79 Å². The van der Waals surface area contributed by atoms with Gasteiger partial charge in [-0.2, -0.15) is 6.42 Å². The van der Waals surface area contributed by atoms with Crippen molar-refractivity contribution in [2.75, 3.05) is 6.61 Å². The molecule has 0 aromatic heterocycles. The molecule has 0 amide bonds. The molecule has 1 nitrogen and oxygen atoms in total. The second-order valence-electron chi connectivity index (χ2n) is 1.12. The van der Waals surface area contributed by atoms with Crippen LogP contribution in [0.15, 0.2) is 0 Å². The summed E-state index contributed by atoms with van der Waals surface area (Å²) in [7, 11) is 0. The molecular weight excluding hydrogens is 76.1 g/mol. The van der Waals surface area contributed by atoms with Crippen molar-refractivity contribution in [2.45, 2.75) is 12.8 Å². The predicted octanol–water partition coefficient (Wildman–Crippen LogP) is 0.965. The Hall–Kier alpha value is -0.330. The van der Waals surface area contributed by atoms with Gasteiger partial charge < -0.3 is 6.92 Å². The zero-order valence-electron chi connectivity index (χ0n) is 3.94. The number of hydrogen-bond acceptors (Lipinski definition) is 0. The monoisotopic (exact) mass is 86.1 g/mol. The fraction of sp³-hybridized carbons (Fsp3) is 0.600. The lowest BCUT2D eigenvalue weighted by molar-refractivity contribution is -0.447. The molecule has 0 rings (SSSR count). The Morgan fingerprint density at radius 3 is 2.50 bits per heavy atom. The highest BCUT2D eigenvalue weighted by molar-refractivity contribution is 5.12. The summed E-state index contributed by atoms with van der Waals surface area (Å²) in [6, 6.07) is 0. The zero-order valence-corrected chi connectivity index (χ0v) is 3.94. The second kappa shape index (κ2) is 4.67. The lowest BCUT2D eigenvalue weighted by atomic mass is 10.4. The maximum Gasteiger partial charge on any atom is 0.273 e. The Bertz CT molecular complexity index is 32.9. The van der Waals surface area contributed by atoms with Crippen molar-refractivity contribution in [3.8, 4) is 0 Å². The van der Waals surface area contributed by atoms with Gasteiger partial charge in [-0.05, 0) is 0 Å². The third kappa shape index (κ3) is 3.67. The van der Waals surface area contributed by atoms with Crippen LogP contribution in [0.2, 0.25) is 0 Å². The van der Waals surface area contributed by atoms with Crippen molar-refractivity contribution in [2.24, 2.45) is 0 Å². The first-order valence-electron chi connectivity index (χ1n) is 2.08. The summed E-state index contributed by atoms with van der Waals surface area (Å²) in [5.74, 6) is 0. The third-order valence-electron chi connectivity index (χ3n) is 0.539. The van der Waals surface area contributed by atoms with Gasteiger partial charge in [-0.3, -0.25) is 4.42 Å². The first-order chi connectivity index (χ1) is 2.91. The SMILES string of the molecule is C=[O+]CCC[CH2-]. The standard InChI is InChI=1S/C5H10O/c1-3-4-5-6-2/h1-5H2. The van der Waals surface area contributed by atoms with E-state index in [4.69, 9.17) is 0 Å². The van der Waals surface area contributed by atoms with E-state index in [1.165, 1.54) is 0 Å². The molecule has 0 saturated carbocycles. The van der Waals surface area contributed by atoms with E-state index in [1.807, 2.05) is 0 Å². The molecule has 0 N–H and O–H groups in total. The van der Waals surface area contributed by atoms with Crippen LogP contribution in [0.25, 0.3) is 0 Å². The predicted molar refractivity (Wildman–Crippen MR) is 26.6 cm³/mol. The minimum atomic E-state index is 0.740. The smallest absolute Gasteiger partial charge is 0.273 e. The minimum Gasteiger partial charge on any atom is -0.343 e. The maximum atomic E-state index is 4.49. The molecule has 0 fully saturated rings. The van der Waals surface area contributed by atoms with E-state index in [9.17, 15) is 0 Å². The summed E-state index contributed by atoms with van der Waals surface area (Å²) in [6.07, 6.45) is 1.96. The molecule has 0 aliphatic rings. The Morgan fingerprint density at radius 2 is 2.33 bits per heavy atom. The molecule has 36 valence electrons. The highest BCUT2D eigenvalue weighted by atomic mass is 16.4. The summed E-state index contributed by atoms with van der Waals surface area (Å²) in [6.45, 7) is 7.55. The lowest BCUT2D eigenvalue weighted by Crippen LogP contribution is -1.79. The van der Waals surface area contributed by atoms with Crippen molar-refractivity contribution in [3.63, 3.8) is 0 Å². The number of carbonyl (C=O) groups excluding carboxylic acids is 1. The third-order valence-corrected chi connectivity index (χ3v) is 0.539. The Labute approximate surface area is 38.7 Å². The normalized spacial score (nSPS) is 8.17. The van der Waals surface area contributed by atoms with Gasteiger partial charge in [0, 0.05) is 6.42 Å². The van der Waals surface area contributed by atoms with E-state index in [-0.39, 0.29) is 0 Å². The highest BCUT2D eigenvalue weighted by Crippen LogP contribution is 1.80. The Morgan fingerprint density at radius 1 is 1.67 bits per heavy atom. The second-order valence-corrected chi connectivity index (χ2v) is 1.12. The maximum absolute atomic E-state index is 4.49. The van der Waals surface area contributed by atoms with E-state index >= 15 is 0 Å². The summed E-state index contributed by atoms with van der Waals surface area (Å²) < 4.78 is 4.49. The van der Waals surface area contributed by atoms with Crippen LogP contribution in [0, 0.1) is 6.92 Å². The lowest BCUT2D eigenvalue weighted by Gasteiger charge is -1.81. The van der Waals surface area contributed by atoms with Gasteiger partial charge in [-0.1, -0.05) is 0 Å². The molecule has 0 aromatic rings. The average Bonchev–Trinajstić information content (AvgIpc) is 1.61. The van der Waals surface area contributed by atoms with Crippen LogP contribution in [0.3, 0.4) is 0 Å². The van der Waals surface area contributed by atoms with Gasteiger partial charge in [-0.25, -0.2) is 0 Å². The largest absolute Gasteiger partial charge is 0.343 e. The molecule has 0 saturated heterocycles. The van der Waals surface area contributed by atoms with E-state index in [2.05, 4.69) is 18.1 Å². The van der Waals surface area contributed by atoms with Gasteiger partial charge in [0.15, 0.2) is 0 Å². The molecule has 0 bridgehead atoms. The van der Waals surface area contributed by atoms with Gasteiger partial charge >= 0.3 is 0 Å². The fourth-order valence-corrected chi connectivity index (χ4v) is 0.204. The van der Waals surface area contributed by atoms with E-state index in [0.29, 0.717) is 0 Å². The summed E-state index contributed by atoms with van der Waals surface area (Å²) in [5, 5.41) is 0. The molecule has 0 aromatic carbocycles. The topological polar surface area (TPSA) is 11.3 Å². The van der Waals surface area contributed by atoms with Crippen LogP contribution < -0.4 is 0 Å². The van der Waals surface area contributed by atoms with Gasteiger partial charge in [0.05, 0.1) is 0 Å². The van der Waals surface area contributed by atoms with Gasteiger partial charge in [0.1, 0.15) is 0 Å². The summed E-state index contributed by atoms with van der Waals surface area (Å²) in [4.78, 5) is 0. The number of rotatable bonds is 3.